The fraction of sp³-hybridized carbons (Fsp3) is 0.304. The molecule has 8 heteroatoms. The van der Waals surface area contributed by atoms with Gasteiger partial charge in [-0.3, -0.25) is 4.21 Å². The van der Waals surface area contributed by atoms with Crippen molar-refractivity contribution in [2.45, 2.75) is 29.7 Å². The van der Waals surface area contributed by atoms with Crippen LogP contribution in [0.5, 0.6) is 0 Å². The molecule has 0 radical (unpaired) electrons. The molecule has 0 amide bonds. The summed E-state index contributed by atoms with van der Waals surface area (Å²) in [4.78, 5) is 6.70. The van der Waals surface area contributed by atoms with Gasteiger partial charge in [0.1, 0.15) is 11.5 Å². The van der Waals surface area contributed by atoms with Gasteiger partial charge >= 0.3 is 0 Å². The molecule has 1 aliphatic heterocycles. The molecule has 31 heavy (non-hydrogen) atoms. The number of hydrogen-bond donors (Lipinski definition) is 0. The molecule has 0 N–H and O–H groups in total. The van der Waals surface area contributed by atoms with E-state index in [4.69, 9.17) is 4.42 Å². The zero-order valence-electron chi connectivity index (χ0n) is 17.2. The Morgan fingerprint density at radius 1 is 1.13 bits per heavy atom. The zero-order chi connectivity index (χ0) is 21.4. The minimum atomic E-state index is -1.19. The summed E-state index contributed by atoms with van der Waals surface area (Å²) in [6, 6.07) is 14.0. The molecule has 160 valence electrons. The normalized spacial score (nSPS) is 16.7. The lowest BCUT2D eigenvalue weighted by Crippen LogP contribution is -2.34. The average molecular weight is 439 g/mol. The molecule has 6 nitrogen and oxygen atoms in total. The van der Waals surface area contributed by atoms with Crippen LogP contribution in [-0.2, 0) is 17.3 Å². The fourth-order valence-corrected chi connectivity index (χ4v) is 5.35. The van der Waals surface area contributed by atoms with Crippen molar-refractivity contribution in [3.63, 3.8) is 0 Å². The monoisotopic (exact) mass is 438 g/mol. The number of aromatic nitrogens is 3. The highest BCUT2D eigenvalue weighted by molar-refractivity contribution is 7.85. The van der Waals surface area contributed by atoms with Gasteiger partial charge < -0.3 is 9.32 Å². The number of halogens is 1. The van der Waals surface area contributed by atoms with Gasteiger partial charge in [-0.05, 0) is 63.3 Å². The van der Waals surface area contributed by atoms with Gasteiger partial charge in [-0.2, -0.15) is 5.10 Å². The van der Waals surface area contributed by atoms with Crippen LogP contribution < -0.4 is 0 Å². The molecule has 0 aliphatic carbocycles. The second-order valence-electron chi connectivity index (χ2n) is 7.89. The number of likely N-dealkylation sites (tertiary alicyclic amines) is 1. The summed E-state index contributed by atoms with van der Waals surface area (Å²) in [7, 11) is 0.892. The van der Waals surface area contributed by atoms with E-state index in [0.717, 1.165) is 31.3 Å². The van der Waals surface area contributed by atoms with Crippen LogP contribution in [0.4, 0.5) is 4.39 Å². The molecule has 1 fully saturated rings. The van der Waals surface area contributed by atoms with Crippen molar-refractivity contribution in [1.82, 2.24) is 19.7 Å². The number of nitrogens with zero attached hydrogens (tertiary/aromatic N) is 4. The molecule has 3 aromatic heterocycles. The smallest absolute Gasteiger partial charge is 0.191 e. The SMILES string of the molecule is CN1CCC(S(=O)c2ccc(-c3nn(Cc4ccccc4F)c4ncccc34)o2)CC1. The van der Waals surface area contributed by atoms with Crippen molar-refractivity contribution < 1.29 is 13.0 Å². The summed E-state index contributed by atoms with van der Waals surface area (Å²) >= 11 is 0. The number of pyridine rings is 1. The van der Waals surface area contributed by atoms with Crippen LogP contribution in [0.15, 0.2) is 64.2 Å². The maximum Gasteiger partial charge on any atom is 0.191 e. The van der Waals surface area contributed by atoms with E-state index in [0.29, 0.717) is 27.8 Å². The Kier molecular flexibility index (Phi) is 5.41. The van der Waals surface area contributed by atoms with Gasteiger partial charge in [0.2, 0.25) is 0 Å². The first kappa shape index (κ1) is 20.1. The summed E-state index contributed by atoms with van der Waals surface area (Å²) in [5.74, 6) is 0.263. The summed E-state index contributed by atoms with van der Waals surface area (Å²) < 4.78 is 34.9. The first-order chi connectivity index (χ1) is 15.1. The largest absolute Gasteiger partial charge is 0.446 e. The number of benzene rings is 1. The predicted molar refractivity (Wildman–Crippen MR) is 118 cm³/mol. The quantitative estimate of drug-likeness (QED) is 0.470. The third-order valence-electron chi connectivity index (χ3n) is 5.77. The molecule has 0 bridgehead atoms. The van der Waals surface area contributed by atoms with Crippen molar-refractivity contribution in [2.24, 2.45) is 0 Å². The Morgan fingerprint density at radius 3 is 2.74 bits per heavy atom. The third kappa shape index (κ3) is 3.93. The second-order valence-corrected chi connectivity index (χ2v) is 9.55. The van der Waals surface area contributed by atoms with E-state index in [-0.39, 0.29) is 17.6 Å². The summed E-state index contributed by atoms with van der Waals surface area (Å²) in [6.45, 7) is 2.15. The molecule has 1 saturated heterocycles. The number of hydrogen-bond acceptors (Lipinski definition) is 5. The Morgan fingerprint density at radius 2 is 1.94 bits per heavy atom. The van der Waals surface area contributed by atoms with Gasteiger partial charge in [-0.25, -0.2) is 14.1 Å². The highest BCUT2D eigenvalue weighted by Gasteiger charge is 2.26. The van der Waals surface area contributed by atoms with Crippen LogP contribution in [0.25, 0.3) is 22.5 Å². The van der Waals surface area contributed by atoms with E-state index in [1.807, 2.05) is 18.2 Å². The van der Waals surface area contributed by atoms with Crippen LogP contribution in [0.1, 0.15) is 18.4 Å². The van der Waals surface area contributed by atoms with E-state index in [2.05, 4.69) is 22.0 Å². The lowest BCUT2D eigenvalue weighted by atomic mass is 10.1. The number of furan rings is 1. The second kappa shape index (κ2) is 8.36. The van der Waals surface area contributed by atoms with Crippen molar-refractivity contribution in [1.29, 1.82) is 0 Å². The first-order valence-corrected chi connectivity index (χ1v) is 11.6. The summed E-state index contributed by atoms with van der Waals surface area (Å²) in [6.07, 6.45) is 3.47. The molecule has 0 saturated carbocycles. The lowest BCUT2D eigenvalue weighted by molar-refractivity contribution is 0.279. The number of fused-ring (bicyclic) bond motifs is 1. The lowest BCUT2D eigenvalue weighted by Gasteiger charge is -2.27. The Balaban J connectivity index is 1.47. The van der Waals surface area contributed by atoms with Crippen molar-refractivity contribution in [3.05, 3.63) is 66.1 Å². The zero-order valence-corrected chi connectivity index (χ0v) is 18.0. The fourth-order valence-electron chi connectivity index (χ4n) is 4.01. The van der Waals surface area contributed by atoms with E-state index < -0.39 is 10.8 Å². The van der Waals surface area contributed by atoms with E-state index >= 15 is 0 Å². The summed E-state index contributed by atoms with van der Waals surface area (Å²) in [5, 5.41) is 6.07. The van der Waals surface area contributed by atoms with Crippen LogP contribution in [0.2, 0.25) is 0 Å². The Hall–Kier alpha value is -2.84. The van der Waals surface area contributed by atoms with Gasteiger partial charge in [0.05, 0.1) is 22.7 Å². The van der Waals surface area contributed by atoms with Gasteiger partial charge in [0.25, 0.3) is 0 Å². The topological polar surface area (TPSA) is 64.2 Å². The van der Waals surface area contributed by atoms with E-state index in [1.54, 1.807) is 35.1 Å². The number of rotatable bonds is 5. The van der Waals surface area contributed by atoms with Crippen molar-refractivity contribution in [2.75, 3.05) is 20.1 Å². The highest BCUT2D eigenvalue weighted by atomic mass is 32.2. The molecule has 4 aromatic rings. The molecule has 0 spiro atoms. The van der Waals surface area contributed by atoms with E-state index in [1.165, 1.54) is 6.07 Å². The molecule has 1 atom stereocenters. The van der Waals surface area contributed by atoms with Crippen molar-refractivity contribution >= 4 is 21.8 Å². The van der Waals surface area contributed by atoms with Gasteiger partial charge in [0.15, 0.2) is 16.5 Å². The van der Waals surface area contributed by atoms with Crippen molar-refractivity contribution in [3.8, 4) is 11.5 Å². The minimum absolute atomic E-state index is 0.104. The number of piperidine rings is 1. The first-order valence-electron chi connectivity index (χ1n) is 10.3. The Bertz CT molecular complexity index is 1240. The maximum absolute atomic E-state index is 14.2. The van der Waals surface area contributed by atoms with Gasteiger partial charge in [0, 0.05) is 17.0 Å². The van der Waals surface area contributed by atoms with Gasteiger partial charge in [-0.1, -0.05) is 18.2 Å². The standard InChI is InChI=1S/C23H23FN4O2S/c1-27-13-10-17(11-14-27)31(29)21-9-8-20(30-21)22-18-6-4-12-25-23(18)28(26-22)15-16-5-2-3-7-19(16)24/h2-9,12,17H,10-11,13-15H2,1H3. The molecule has 1 aliphatic rings. The predicted octanol–water partition coefficient (Wildman–Crippen LogP) is 4.08. The molecular weight excluding hydrogens is 415 g/mol. The summed E-state index contributed by atoms with van der Waals surface area (Å²) in [5.41, 5.74) is 1.80. The van der Waals surface area contributed by atoms with Crippen LogP contribution in [0.3, 0.4) is 0 Å². The molecule has 1 aromatic carbocycles. The third-order valence-corrected chi connectivity index (χ3v) is 7.46. The molecule has 4 heterocycles. The highest BCUT2D eigenvalue weighted by Crippen LogP contribution is 2.31. The van der Waals surface area contributed by atoms with Gasteiger partial charge in [-0.15, -0.1) is 0 Å². The van der Waals surface area contributed by atoms with Crippen LogP contribution in [0, 0.1) is 5.82 Å². The molecule has 1 unspecified atom stereocenters. The minimum Gasteiger partial charge on any atom is -0.446 e. The molecular formula is C23H23FN4O2S. The average Bonchev–Trinajstić information content (AvgIpc) is 3.41. The van der Waals surface area contributed by atoms with E-state index in [9.17, 15) is 8.60 Å². The molecule has 5 rings (SSSR count). The maximum atomic E-state index is 14.2. The van der Waals surface area contributed by atoms with Crippen LogP contribution in [-0.4, -0.2) is 49.3 Å². The Labute approximate surface area is 182 Å². The van der Waals surface area contributed by atoms with Crippen LogP contribution >= 0.6 is 0 Å².